The summed E-state index contributed by atoms with van der Waals surface area (Å²) in [6, 6.07) is 11.7. The lowest BCUT2D eigenvalue weighted by molar-refractivity contribution is 0.340. The predicted octanol–water partition coefficient (Wildman–Crippen LogP) is 2.95. The molecule has 2 aromatic rings. The Balaban J connectivity index is 2.25. The van der Waals surface area contributed by atoms with E-state index in [-0.39, 0.29) is 5.56 Å². The van der Waals surface area contributed by atoms with Crippen LogP contribution in [0.25, 0.3) is 11.3 Å². The van der Waals surface area contributed by atoms with Crippen LogP contribution in [0, 0.1) is 0 Å². The highest BCUT2D eigenvalue weighted by atomic mass is 16.5. The molecular formula is C18H24N2O2. The molecule has 4 nitrogen and oxygen atoms in total. The first-order valence-corrected chi connectivity index (χ1v) is 7.80. The monoisotopic (exact) mass is 300 g/mol. The number of ether oxygens (including phenoxy) is 1. The van der Waals surface area contributed by atoms with Crippen LogP contribution in [-0.4, -0.2) is 17.7 Å². The SMILES string of the molecule is CCCNCc1ccc(-c2ccc(OCC)cc2)n(C)c1=O. The molecule has 0 saturated heterocycles. The van der Waals surface area contributed by atoms with Crippen LogP contribution >= 0.6 is 0 Å². The average molecular weight is 300 g/mol. The van der Waals surface area contributed by atoms with Crippen LogP contribution in [-0.2, 0) is 13.6 Å². The summed E-state index contributed by atoms with van der Waals surface area (Å²) in [6.07, 6.45) is 1.06. The van der Waals surface area contributed by atoms with Gasteiger partial charge in [0.2, 0.25) is 0 Å². The first-order valence-electron chi connectivity index (χ1n) is 7.80. The van der Waals surface area contributed by atoms with Crippen molar-refractivity contribution in [2.24, 2.45) is 7.05 Å². The maximum absolute atomic E-state index is 12.4. The number of hydrogen-bond donors (Lipinski definition) is 1. The molecule has 22 heavy (non-hydrogen) atoms. The highest BCUT2D eigenvalue weighted by Crippen LogP contribution is 2.21. The third-order valence-corrected chi connectivity index (χ3v) is 3.59. The zero-order valence-corrected chi connectivity index (χ0v) is 13.6. The van der Waals surface area contributed by atoms with E-state index in [4.69, 9.17) is 4.74 Å². The number of hydrogen-bond acceptors (Lipinski definition) is 3. The van der Waals surface area contributed by atoms with Crippen LogP contribution in [0.15, 0.2) is 41.2 Å². The summed E-state index contributed by atoms with van der Waals surface area (Å²) < 4.78 is 7.15. The van der Waals surface area contributed by atoms with Crippen molar-refractivity contribution >= 4 is 0 Å². The number of nitrogens with one attached hydrogen (secondary N) is 1. The van der Waals surface area contributed by atoms with Gasteiger partial charge in [-0.05, 0) is 55.8 Å². The highest BCUT2D eigenvalue weighted by Gasteiger charge is 2.07. The van der Waals surface area contributed by atoms with Crippen molar-refractivity contribution < 1.29 is 4.74 Å². The Bertz CT molecular complexity index is 660. The lowest BCUT2D eigenvalue weighted by atomic mass is 10.1. The molecule has 0 radical (unpaired) electrons. The molecule has 0 aliphatic heterocycles. The molecule has 0 saturated carbocycles. The van der Waals surface area contributed by atoms with Crippen LogP contribution in [0.4, 0.5) is 0 Å². The van der Waals surface area contributed by atoms with E-state index in [1.807, 2.05) is 50.4 Å². The fourth-order valence-electron chi connectivity index (χ4n) is 2.40. The second-order valence-corrected chi connectivity index (χ2v) is 5.24. The van der Waals surface area contributed by atoms with Crippen LogP contribution in [0.1, 0.15) is 25.8 Å². The maximum Gasteiger partial charge on any atom is 0.255 e. The average Bonchev–Trinajstić information content (AvgIpc) is 2.53. The Labute approximate surface area is 131 Å². The van der Waals surface area contributed by atoms with Gasteiger partial charge in [0.05, 0.1) is 12.3 Å². The van der Waals surface area contributed by atoms with Gasteiger partial charge in [-0.25, -0.2) is 0 Å². The van der Waals surface area contributed by atoms with E-state index in [0.717, 1.165) is 35.5 Å². The van der Waals surface area contributed by atoms with Gasteiger partial charge in [0.15, 0.2) is 0 Å². The van der Waals surface area contributed by atoms with E-state index in [9.17, 15) is 4.79 Å². The van der Waals surface area contributed by atoms with Crippen LogP contribution in [0.3, 0.4) is 0 Å². The summed E-state index contributed by atoms with van der Waals surface area (Å²) in [4.78, 5) is 12.4. The second kappa shape index (κ2) is 7.80. The minimum atomic E-state index is 0.0509. The topological polar surface area (TPSA) is 43.3 Å². The van der Waals surface area contributed by atoms with E-state index >= 15 is 0 Å². The molecule has 1 heterocycles. The summed E-state index contributed by atoms with van der Waals surface area (Å²) in [5.41, 5.74) is 2.77. The molecule has 0 amide bonds. The van der Waals surface area contributed by atoms with Crippen molar-refractivity contribution in [3.63, 3.8) is 0 Å². The van der Waals surface area contributed by atoms with E-state index in [0.29, 0.717) is 13.2 Å². The Morgan fingerprint density at radius 1 is 1.09 bits per heavy atom. The second-order valence-electron chi connectivity index (χ2n) is 5.24. The Hall–Kier alpha value is -2.07. The van der Waals surface area contributed by atoms with Gasteiger partial charge in [-0.3, -0.25) is 4.79 Å². The standard InChI is InChI=1S/C18H24N2O2/c1-4-12-19-13-15-8-11-17(20(3)18(15)21)14-6-9-16(10-7-14)22-5-2/h6-11,19H,4-5,12-13H2,1-3H3. The predicted molar refractivity (Wildman–Crippen MR) is 90.3 cm³/mol. The van der Waals surface area contributed by atoms with E-state index in [1.54, 1.807) is 4.57 Å². The summed E-state index contributed by atoms with van der Waals surface area (Å²) in [7, 11) is 1.82. The quantitative estimate of drug-likeness (QED) is 0.800. The minimum absolute atomic E-state index is 0.0509. The molecule has 0 aliphatic rings. The van der Waals surface area contributed by atoms with Crippen molar-refractivity contribution in [3.05, 3.63) is 52.3 Å². The van der Waals surface area contributed by atoms with Gasteiger partial charge < -0.3 is 14.6 Å². The Morgan fingerprint density at radius 3 is 2.45 bits per heavy atom. The van der Waals surface area contributed by atoms with Gasteiger partial charge in [-0.2, -0.15) is 0 Å². The number of aromatic nitrogens is 1. The normalized spacial score (nSPS) is 10.7. The lowest BCUT2D eigenvalue weighted by Gasteiger charge is -2.12. The van der Waals surface area contributed by atoms with Crippen LogP contribution in [0.5, 0.6) is 5.75 Å². The summed E-state index contributed by atoms with van der Waals surface area (Å²) in [5.74, 6) is 0.844. The fraction of sp³-hybridized carbons (Fsp3) is 0.389. The number of benzene rings is 1. The molecule has 1 aromatic carbocycles. The molecule has 2 rings (SSSR count). The molecule has 4 heteroatoms. The zero-order valence-electron chi connectivity index (χ0n) is 13.6. The number of pyridine rings is 1. The number of nitrogens with zero attached hydrogens (tertiary/aromatic N) is 1. The molecule has 0 unspecified atom stereocenters. The summed E-state index contributed by atoms with van der Waals surface area (Å²) >= 11 is 0. The fourth-order valence-corrected chi connectivity index (χ4v) is 2.40. The van der Waals surface area contributed by atoms with Crippen molar-refractivity contribution in [2.45, 2.75) is 26.8 Å². The third kappa shape index (κ3) is 3.77. The van der Waals surface area contributed by atoms with Crippen LogP contribution < -0.4 is 15.6 Å². The first kappa shape index (κ1) is 16.3. The molecule has 0 bridgehead atoms. The molecule has 1 aromatic heterocycles. The largest absolute Gasteiger partial charge is 0.494 e. The molecule has 0 fully saturated rings. The summed E-state index contributed by atoms with van der Waals surface area (Å²) in [5, 5.41) is 3.27. The smallest absolute Gasteiger partial charge is 0.255 e. The van der Waals surface area contributed by atoms with Crippen molar-refractivity contribution in [1.29, 1.82) is 0 Å². The third-order valence-electron chi connectivity index (χ3n) is 3.59. The van der Waals surface area contributed by atoms with E-state index < -0.39 is 0 Å². The molecule has 1 N–H and O–H groups in total. The molecule has 118 valence electrons. The Kier molecular flexibility index (Phi) is 5.78. The van der Waals surface area contributed by atoms with E-state index in [2.05, 4.69) is 12.2 Å². The highest BCUT2D eigenvalue weighted by molar-refractivity contribution is 5.60. The number of rotatable bonds is 7. The molecule has 0 atom stereocenters. The zero-order chi connectivity index (χ0) is 15.9. The van der Waals surface area contributed by atoms with Gasteiger partial charge in [0.25, 0.3) is 5.56 Å². The van der Waals surface area contributed by atoms with Crippen molar-refractivity contribution in [2.75, 3.05) is 13.2 Å². The maximum atomic E-state index is 12.4. The minimum Gasteiger partial charge on any atom is -0.494 e. The summed E-state index contributed by atoms with van der Waals surface area (Å²) in [6.45, 7) is 6.26. The first-order chi connectivity index (χ1) is 10.7. The Morgan fingerprint density at radius 2 is 1.82 bits per heavy atom. The van der Waals surface area contributed by atoms with Crippen molar-refractivity contribution in [1.82, 2.24) is 9.88 Å². The molecule has 0 aliphatic carbocycles. The van der Waals surface area contributed by atoms with E-state index in [1.165, 1.54) is 0 Å². The van der Waals surface area contributed by atoms with Gasteiger partial charge in [0.1, 0.15) is 5.75 Å². The van der Waals surface area contributed by atoms with Crippen LogP contribution in [0.2, 0.25) is 0 Å². The van der Waals surface area contributed by atoms with Gasteiger partial charge >= 0.3 is 0 Å². The van der Waals surface area contributed by atoms with Crippen molar-refractivity contribution in [3.8, 4) is 17.0 Å². The van der Waals surface area contributed by atoms with Gasteiger partial charge in [0, 0.05) is 19.2 Å². The van der Waals surface area contributed by atoms with Gasteiger partial charge in [-0.1, -0.05) is 13.0 Å². The van der Waals surface area contributed by atoms with Gasteiger partial charge in [-0.15, -0.1) is 0 Å². The lowest BCUT2D eigenvalue weighted by Crippen LogP contribution is -2.26. The molecule has 0 spiro atoms. The molecular weight excluding hydrogens is 276 g/mol.